The van der Waals surface area contributed by atoms with Crippen LogP contribution >= 0.6 is 0 Å². The van der Waals surface area contributed by atoms with Gasteiger partial charge in [-0.3, -0.25) is 4.79 Å². The van der Waals surface area contributed by atoms with Crippen LogP contribution in [0.4, 0.5) is 0 Å². The molecule has 3 atom stereocenters. The second kappa shape index (κ2) is 9.67. The molecule has 3 aromatic rings. The number of carbonyl (C=O) groups is 1. The minimum Gasteiger partial charge on any atom is -0.394 e. The molecule has 0 radical (unpaired) electrons. The van der Waals surface area contributed by atoms with E-state index >= 15 is 0 Å². The van der Waals surface area contributed by atoms with Crippen LogP contribution in [-0.4, -0.2) is 60.4 Å². The molecule has 1 amide bonds. The molecule has 3 aromatic carbocycles. The van der Waals surface area contributed by atoms with Gasteiger partial charge in [0.05, 0.1) is 31.0 Å². The monoisotopic (exact) mass is 486 g/mol. The Morgan fingerprint density at radius 2 is 1.46 bits per heavy atom. The van der Waals surface area contributed by atoms with E-state index < -0.39 is 10.0 Å². The standard InChI is InChI=1S/C28H26N2O4S/c31-19-26-28(24-15-13-22(14-16-24)12-11-21-7-3-1-4-8-21)25-17-29(18-27(32)30(25)26)35(33,34)20-23-9-5-2-6-10-23/h1-10,13-16,25-26,28,31H,17-20H2/t25-,26+,28-/m1/s1. The highest BCUT2D eigenvalue weighted by Gasteiger charge is 2.55. The zero-order valence-corrected chi connectivity index (χ0v) is 19.9. The first-order chi connectivity index (χ1) is 17.0. The number of piperazine rings is 1. The van der Waals surface area contributed by atoms with Crippen LogP contribution in [-0.2, 0) is 20.6 Å². The normalized spacial score (nSPS) is 22.0. The summed E-state index contributed by atoms with van der Waals surface area (Å²) in [7, 11) is -3.66. The second-order valence-corrected chi connectivity index (χ2v) is 10.9. The van der Waals surface area contributed by atoms with Gasteiger partial charge in [0.2, 0.25) is 15.9 Å². The van der Waals surface area contributed by atoms with Gasteiger partial charge in [-0.05, 0) is 35.4 Å². The first-order valence-electron chi connectivity index (χ1n) is 11.6. The molecule has 0 aromatic heterocycles. The molecule has 0 bridgehead atoms. The van der Waals surface area contributed by atoms with E-state index in [0.717, 1.165) is 16.7 Å². The molecule has 35 heavy (non-hydrogen) atoms. The van der Waals surface area contributed by atoms with Gasteiger partial charge in [-0.15, -0.1) is 0 Å². The average Bonchev–Trinajstić information content (AvgIpc) is 2.85. The van der Waals surface area contributed by atoms with Gasteiger partial charge in [-0.1, -0.05) is 72.5 Å². The first kappa shape index (κ1) is 23.3. The molecular formula is C28H26N2O4S. The summed E-state index contributed by atoms with van der Waals surface area (Å²) in [5.41, 5.74) is 3.45. The van der Waals surface area contributed by atoms with Crippen LogP contribution in [0.15, 0.2) is 84.9 Å². The summed E-state index contributed by atoms with van der Waals surface area (Å²) in [5, 5.41) is 10.0. The van der Waals surface area contributed by atoms with Gasteiger partial charge in [0.1, 0.15) is 0 Å². The quantitative estimate of drug-likeness (QED) is 0.563. The maximum Gasteiger partial charge on any atom is 0.238 e. The zero-order valence-electron chi connectivity index (χ0n) is 19.1. The van der Waals surface area contributed by atoms with Gasteiger partial charge in [0.15, 0.2) is 0 Å². The smallest absolute Gasteiger partial charge is 0.238 e. The molecule has 1 N–H and O–H groups in total. The fourth-order valence-electron chi connectivity index (χ4n) is 5.01. The van der Waals surface area contributed by atoms with Crippen LogP contribution in [0.3, 0.4) is 0 Å². The largest absolute Gasteiger partial charge is 0.394 e. The van der Waals surface area contributed by atoms with Crippen molar-refractivity contribution in [1.82, 2.24) is 9.21 Å². The minimum absolute atomic E-state index is 0.142. The zero-order chi connectivity index (χ0) is 24.4. The van der Waals surface area contributed by atoms with Gasteiger partial charge in [-0.25, -0.2) is 8.42 Å². The predicted octanol–water partition coefficient (Wildman–Crippen LogP) is 2.59. The van der Waals surface area contributed by atoms with Crippen LogP contribution in [0.5, 0.6) is 0 Å². The number of amides is 1. The number of hydrogen-bond donors (Lipinski definition) is 1. The number of rotatable bonds is 5. The van der Waals surface area contributed by atoms with Crippen molar-refractivity contribution in [2.75, 3.05) is 19.7 Å². The van der Waals surface area contributed by atoms with Crippen LogP contribution in [0.1, 0.15) is 28.2 Å². The average molecular weight is 487 g/mol. The maximum atomic E-state index is 13.1. The van der Waals surface area contributed by atoms with Crippen LogP contribution < -0.4 is 0 Å². The highest BCUT2D eigenvalue weighted by atomic mass is 32.2. The third kappa shape index (κ3) is 4.73. The third-order valence-electron chi connectivity index (χ3n) is 6.73. The Bertz CT molecular complexity index is 1360. The molecule has 7 heteroatoms. The molecule has 6 nitrogen and oxygen atoms in total. The van der Waals surface area contributed by atoms with Crippen molar-refractivity contribution in [1.29, 1.82) is 0 Å². The van der Waals surface area contributed by atoms with Gasteiger partial charge in [0.25, 0.3) is 0 Å². The van der Waals surface area contributed by atoms with E-state index in [0.29, 0.717) is 5.56 Å². The Labute approximate surface area is 205 Å². The molecule has 2 fully saturated rings. The highest BCUT2D eigenvalue weighted by molar-refractivity contribution is 7.88. The summed E-state index contributed by atoms with van der Waals surface area (Å²) in [5.74, 6) is 5.73. The number of sulfonamides is 1. The Balaban J connectivity index is 1.34. The predicted molar refractivity (Wildman–Crippen MR) is 134 cm³/mol. The van der Waals surface area contributed by atoms with Gasteiger partial charge < -0.3 is 10.0 Å². The molecular weight excluding hydrogens is 460 g/mol. The summed E-state index contributed by atoms with van der Waals surface area (Å²) in [6, 6.07) is 25.8. The van der Waals surface area contributed by atoms with Crippen molar-refractivity contribution in [3.8, 4) is 11.8 Å². The van der Waals surface area contributed by atoms with Gasteiger partial charge >= 0.3 is 0 Å². The lowest BCUT2D eigenvalue weighted by Crippen LogP contribution is -2.73. The number of fused-ring (bicyclic) bond motifs is 1. The first-order valence-corrected chi connectivity index (χ1v) is 13.2. The van der Waals surface area contributed by atoms with E-state index in [2.05, 4.69) is 11.8 Å². The van der Waals surface area contributed by atoms with Crippen molar-refractivity contribution in [3.63, 3.8) is 0 Å². The molecule has 2 aliphatic rings. The molecule has 0 spiro atoms. The fraction of sp³-hybridized carbons (Fsp3) is 0.250. The van der Waals surface area contributed by atoms with Crippen molar-refractivity contribution in [3.05, 3.63) is 107 Å². The molecule has 0 aliphatic carbocycles. The Morgan fingerprint density at radius 1 is 0.857 bits per heavy atom. The minimum atomic E-state index is -3.66. The summed E-state index contributed by atoms with van der Waals surface area (Å²) >= 11 is 0. The summed E-state index contributed by atoms with van der Waals surface area (Å²) in [6.45, 7) is -0.139. The number of aliphatic hydroxyl groups excluding tert-OH is 1. The SMILES string of the molecule is O=C1CN(S(=O)(=O)Cc2ccccc2)C[C@@H]2[C@@H](c3ccc(C#Cc4ccccc4)cc3)[C@H](CO)N12. The number of nitrogens with zero attached hydrogens (tertiary/aromatic N) is 2. The van der Waals surface area contributed by atoms with Crippen molar-refractivity contribution in [2.24, 2.45) is 0 Å². The van der Waals surface area contributed by atoms with E-state index in [1.807, 2.05) is 60.7 Å². The molecule has 2 aliphatic heterocycles. The number of benzene rings is 3. The Morgan fingerprint density at radius 3 is 2.09 bits per heavy atom. The summed E-state index contributed by atoms with van der Waals surface area (Å²) in [6.07, 6.45) is 0. The molecule has 178 valence electrons. The molecule has 0 saturated carbocycles. The Kier molecular flexibility index (Phi) is 6.44. The third-order valence-corrected chi connectivity index (χ3v) is 8.49. The summed E-state index contributed by atoms with van der Waals surface area (Å²) in [4.78, 5) is 14.5. The van der Waals surface area contributed by atoms with Gasteiger partial charge in [0, 0.05) is 23.6 Å². The lowest BCUT2D eigenvalue weighted by Gasteiger charge is -2.58. The molecule has 5 rings (SSSR count). The molecule has 0 unspecified atom stereocenters. The number of aliphatic hydroxyl groups is 1. The van der Waals surface area contributed by atoms with E-state index in [1.165, 1.54) is 4.31 Å². The van der Waals surface area contributed by atoms with Crippen LogP contribution in [0.25, 0.3) is 0 Å². The number of hydrogen-bond acceptors (Lipinski definition) is 4. The van der Waals surface area contributed by atoms with Gasteiger partial charge in [-0.2, -0.15) is 4.31 Å². The summed E-state index contributed by atoms with van der Waals surface area (Å²) < 4.78 is 27.5. The van der Waals surface area contributed by atoms with Crippen molar-refractivity contribution in [2.45, 2.75) is 23.8 Å². The second-order valence-electron chi connectivity index (χ2n) is 8.92. The van der Waals surface area contributed by atoms with Crippen molar-refractivity contribution >= 4 is 15.9 Å². The fourth-order valence-corrected chi connectivity index (χ4v) is 6.50. The lowest BCUT2D eigenvalue weighted by atomic mass is 9.74. The van der Waals surface area contributed by atoms with Crippen LogP contribution in [0.2, 0.25) is 0 Å². The number of carbonyl (C=O) groups excluding carboxylic acids is 1. The van der Waals surface area contributed by atoms with Crippen molar-refractivity contribution < 1.29 is 18.3 Å². The maximum absolute atomic E-state index is 13.1. The van der Waals surface area contributed by atoms with E-state index in [4.69, 9.17) is 0 Å². The van der Waals surface area contributed by atoms with E-state index in [9.17, 15) is 18.3 Å². The molecule has 2 saturated heterocycles. The van der Waals surface area contributed by atoms with E-state index in [1.54, 1.807) is 29.2 Å². The topological polar surface area (TPSA) is 77.9 Å². The van der Waals surface area contributed by atoms with Crippen LogP contribution in [0, 0.1) is 11.8 Å². The van der Waals surface area contributed by atoms with E-state index in [-0.39, 0.29) is 49.4 Å². The highest BCUT2D eigenvalue weighted by Crippen LogP contribution is 2.43. The molecule has 2 heterocycles. The lowest BCUT2D eigenvalue weighted by molar-refractivity contribution is -0.158. The Hall–Kier alpha value is -3.44.